The molecule has 1 aromatic carbocycles. The van der Waals surface area contributed by atoms with Gasteiger partial charge in [-0.15, -0.1) is 0 Å². The van der Waals surface area contributed by atoms with Crippen molar-refractivity contribution >= 4 is 27.8 Å². The van der Waals surface area contributed by atoms with E-state index in [1.54, 1.807) is 12.1 Å². The third-order valence-corrected chi connectivity index (χ3v) is 6.04. The molecule has 0 saturated carbocycles. The van der Waals surface area contributed by atoms with Gasteiger partial charge in [-0.3, -0.25) is 4.99 Å². The molecule has 0 amide bonds. The highest BCUT2D eigenvalue weighted by molar-refractivity contribution is 7.89. The summed E-state index contributed by atoms with van der Waals surface area (Å²) in [5.41, 5.74) is 0.346. The Morgan fingerprint density at radius 3 is 2.58 bits per heavy atom. The SMILES string of the molecule is CN=C/C=C(/C(=O)O)c1cccc(S(=O)(=O)N2CCC(C)CC2)c1. The lowest BCUT2D eigenvalue weighted by Crippen LogP contribution is -2.37. The zero-order valence-corrected chi connectivity index (χ0v) is 14.7. The van der Waals surface area contributed by atoms with E-state index in [1.807, 2.05) is 0 Å². The van der Waals surface area contributed by atoms with Crippen molar-refractivity contribution in [1.82, 2.24) is 4.31 Å². The number of piperidine rings is 1. The monoisotopic (exact) mass is 350 g/mol. The van der Waals surface area contributed by atoms with Gasteiger partial charge in [0.2, 0.25) is 10.0 Å². The maximum absolute atomic E-state index is 12.8. The van der Waals surface area contributed by atoms with Crippen molar-refractivity contribution in [3.63, 3.8) is 0 Å². The Labute approximate surface area is 142 Å². The van der Waals surface area contributed by atoms with Crippen LogP contribution in [0.15, 0.2) is 40.2 Å². The summed E-state index contributed by atoms with van der Waals surface area (Å²) >= 11 is 0. The van der Waals surface area contributed by atoms with Crippen LogP contribution in [-0.2, 0) is 14.8 Å². The maximum Gasteiger partial charge on any atom is 0.336 e. The van der Waals surface area contributed by atoms with Gasteiger partial charge in [-0.25, -0.2) is 13.2 Å². The number of carboxylic acids is 1. The second-order valence-corrected chi connectivity index (χ2v) is 7.85. The Balaban J connectivity index is 2.37. The first-order valence-corrected chi connectivity index (χ1v) is 9.26. The Morgan fingerprint density at radius 1 is 1.33 bits per heavy atom. The average molecular weight is 350 g/mol. The number of hydrogen-bond donors (Lipinski definition) is 1. The zero-order valence-electron chi connectivity index (χ0n) is 13.8. The third kappa shape index (κ3) is 4.10. The van der Waals surface area contributed by atoms with Crippen molar-refractivity contribution in [3.8, 4) is 0 Å². The van der Waals surface area contributed by atoms with E-state index in [9.17, 15) is 18.3 Å². The van der Waals surface area contributed by atoms with Crippen LogP contribution >= 0.6 is 0 Å². The Kier molecular flexibility index (Phi) is 5.90. The summed E-state index contributed by atoms with van der Waals surface area (Å²) in [7, 11) is -2.07. The molecule has 0 bridgehead atoms. The van der Waals surface area contributed by atoms with Gasteiger partial charge in [-0.2, -0.15) is 4.31 Å². The van der Waals surface area contributed by atoms with Gasteiger partial charge in [0, 0.05) is 26.4 Å². The number of benzene rings is 1. The van der Waals surface area contributed by atoms with Crippen LogP contribution in [0.4, 0.5) is 0 Å². The first-order valence-electron chi connectivity index (χ1n) is 7.82. The van der Waals surface area contributed by atoms with E-state index in [4.69, 9.17) is 0 Å². The second-order valence-electron chi connectivity index (χ2n) is 5.91. The van der Waals surface area contributed by atoms with Gasteiger partial charge in [-0.1, -0.05) is 19.1 Å². The summed E-state index contributed by atoms with van der Waals surface area (Å²) in [6.07, 6.45) is 4.41. The molecule has 1 heterocycles. The lowest BCUT2D eigenvalue weighted by atomic mass is 10.0. The normalized spacial score (nSPS) is 18.2. The van der Waals surface area contributed by atoms with Gasteiger partial charge in [-0.05, 0) is 42.5 Å². The lowest BCUT2D eigenvalue weighted by molar-refractivity contribution is -0.130. The van der Waals surface area contributed by atoms with Gasteiger partial charge in [0.05, 0.1) is 10.5 Å². The van der Waals surface area contributed by atoms with Gasteiger partial charge in [0.25, 0.3) is 0 Å². The van der Waals surface area contributed by atoms with Crippen molar-refractivity contribution in [2.24, 2.45) is 10.9 Å². The molecule has 1 N–H and O–H groups in total. The van der Waals surface area contributed by atoms with E-state index < -0.39 is 16.0 Å². The molecule has 0 aromatic heterocycles. The minimum Gasteiger partial charge on any atom is -0.478 e. The van der Waals surface area contributed by atoms with Gasteiger partial charge in [0.15, 0.2) is 0 Å². The van der Waals surface area contributed by atoms with Crippen LogP contribution < -0.4 is 0 Å². The fraction of sp³-hybridized carbons (Fsp3) is 0.412. The van der Waals surface area contributed by atoms with E-state index in [-0.39, 0.29) is 10.5 Å². The van der Waals surface area contributed by atoms with Crippen molar-refractivity contribution in [1.29, 1.82) is 0 Å². The van der Waals surface area contributed by atoms with Crippen LogP contribution in [0.25, 0.3) is 5.57 Å². The van der Waals surface area contributed by atoms with Gasteiger partial charge >= 0.3 is 5.97 Å². The Morgan fingerprint density at radius 2 is 2.00 bits per heavy atom. The summed E-state index contributed by atoms with van der Waals surface area (Å²) in [5, 5.41) is 9.34. The average Bonchev–Trinajstić information content (AvgIpc) is 2.55. The molecule has 1 aliphatic heterocycles. The summed E-state index contributed by atoms with van der Waals surface area (Å²) in [4.78, 5) is 15.3. The van der Waals surface area contributed by atoms with Crippen molar-refractivity contribution < 1.29 is 18.3 Å². The molecular weight excluding hydrogens is 328 g/mol. The van der Waals surface area contributed by atoms with E-state index in [1.165, 1.54) is 35.8 Å². The number of hydrogen-bond acceptors (Lipinski definition) is 4. The molecular formula is C17H22N2O4S. The highest BCUT2D eigenvalue weighted by Crippen LogP contribution is 2.25. The van der Waals surface area contributed by atoms with Crippen molar-refractivity contribution in [2.75, 3.05) is 20.1 Å². The predicted octanol–water partition coefficient (Wildman–Crippen LogP) is 2.28. The van der Waals surface area contributed by atoms with Crippen LogP contribution in [-0.4, -0.2) is 50.2 Å². The van der Waals surface area contributed by atoms with Crippen LogP contribution in [0.1, 0.15) is 25.3 Å². The smallest absolute Gasteiger partial charge is 0.336 e. The highest BCUT2D eigenvalue weighted by atomic mass is 32.2. The van der Waals surface area contributed by atoms with Crippen LogP contribution in [0.3, 0.4) is 0 Å². The molecule has 0 radical (unpaired) electrons. The highest BCUT2D eigenvalue weighted by Gasteiger charge is 2.28. The molecule has 1 aliphatic rings. The summed E-state index contributed by atoms with van der Waals surface area (Å²) in [6, 6.07) is 6.07. The minimum atomic E-state index is -3.61. The first kappa shape index (κ1) is 18.4. The molecule has 7 heteroatoms. The van der Waals surface area contributed by atoms with Crippen molar-refractivity contribution in [3.05, 3.63) is 35.9 Å². The zero-order chi connectivity index (χ0) is 17.7. The first-order chi connectivity index (χ1) is 11.4. The number of carbonyl (C=O) groups is 1. The number of allylic oxidation sites excluding steroid dienone is 1. The summed E-state index contributed by atoms with van der Waals surface area (Å²) in [5.74, 6) is -0.603. The third-order valence-electron chi connectivity index (χ3n) is 4.15. The van der Waals surface area contributed by atoms with E-state index >= 15 is 0 Å². The summed E-state index contributed by atoms with van der Waals surface area (Å²) < 4.78 is 27.0. The number of nitrogens with zero attached hydrogens (tertiary/aromatic N) is 2. The molecule has 0 unspecified atom stereocenters. The Bertz CT molecular complexity index is 761. The number of sulfonamides is 1. The topological polar surface area (TPSA) is 87.0 Å². The molecule has 0 aliphatic carbocycles. The second kappa shape index (κ2) is 7.72. The largest absolute Gasteiger partial charge is 0.478 e. The van der Waals surface area contributed by atoms with Crippen LogP contribution in [0.2, 0.25) is 0 Å². The van der Waals surface area contributed by atoms with Gasteiger partial charge < -0.3 is 5.11 Å². The van der Waals surface area contributed by atoms with Gasteiger partial charge in [0.1, 0.15) is 0 Å². The van der Waals surface area contributed by atoms with Crippen LogP contribution in [0, 0.1) is 5.92 Å². The number of aliphatic imine (C=N–C) groups is 1. The molecule has 2 rings (SSSR count). The number of aliphatic carboxylic acids is 1. The Hall–Kier alpha value is -1.99. The fourth-order valence-corrected chi connectivity index (χ4v) is 4.15. The number of carboxylic acid groups (broad SMARTS) is 1. The molecule has 1 saturated heterocycles. The van der Waals surface area contributed by atoms with Crippen LogP contribution in [0.5, 0.6) is 0 Å². The molecule has 6 nitrogen and oxygen atoms in total. The summed E-state index contributed by atoms with van der Waals surface area (Å²) in [6.45, 7) is 3.11. The lowest BCUT2D eigenvalue weighted by Gasteiger charge is -2.29. The quantitative estimate of drug-likeness (QED) is 0.652. The minimum absolute atomic E-state index is 0.00455. The molecule has 24 heavy (non-hydrogen) atoms. The van der Waals surface area contributed by atoms with Crippen molar-refractivity contribution in [2.45, 2.75) is 24.7 Å². The maximum atomic E-state index is 12.8. The van der Waals surface area contributed by atoms with E-state index in [0.29, 0.717) is 24.6 Å². The molecule has 130 valence electrons. The predicted molar refractivity (Wildman–Crippen MR) is 93.6 cm³/mol. The molecule has 1 aromatic rings. The number of rotatable bonds is 5. The molecule has 1 fully saturated rings. The molecule has 0 spiro atoms. The standard InChI is InChI=1S/C17H22N2O4S/c1-13-7-10-19(11-8-13)24(22,23)15-5-3-4-14(12-15)16(17(20)21)6-9-18-2/h3-6,9,12-13H,7-8,10-11H2,1-2H3,(H,20,21)/b16-6+,18-9?. The fourth-order valence-electron chi connectivity index (χ4n) is 2.64. The van der Waals surface area contributed by atoms with E-state index in [0.717, 1.165) is 12.8 Å². The molecule has 0 atom stereocenters. The van der Waals surface area contributed by atoms with E-state index in [2.05, 4.69) is 11.9 Å².